The van der Waals surface area contributed by atoms with Crippen molar-refractivity contribution in [2.75, 3.05) is 0 Å². The molecule has 0 bridgehead atoms. The summed E-state index contributed by atoms with van der Waals surface area (Å²) in [7, 11) is 0. The fourth-order valence-corrected chi connectivity index (χ4v) is 0.240. The van der Waals surface area contributed by atoms with Gasteiger partial charge in [-0.25, -0.2) is 0 Å². The molecule has 0 fully saturated rings. The molecule has 0 amide bonds. The van der Waals surface area contributed by atoms with E-state index in [1.165, 1.54) is 0 Å². The first kappa shape index (κ1) is 7.08. The zero-order chi connectivity index (χ0) is 6.41. The van der Waals surface area contributed by atoms with E-state index in [4.69, 9.17) is 11.5 Å². The Balaban J connectivity index is 3.56. The predicted molar refractivity (Wildman–Crippen MR) is 32.9 cm³/mol. The lowest BCUT2D eigenvalue weighted by atomic mass is 10.3. The van der Waals surface area contributed by atoms with Crippen molar-refractivity contribution in [1.82, 2.24) is 0 Å². The Kier molecular flexibility index (Phi) is 3.76. The van der Waals surface area contributed by atoms with Crippen molar-refractivity contribution in [3.8, 4) is 24.2 Å². The maximum absolute atomic E-state index is 8.58. The van der Waals surface area contributed by atoms with Gasteiger partial charge in [0.05, 0.1) is 0 Å². The van der Waals surface area contributed by atoms with Crippen molar-refractivity contribution in [1.29, 1.82) is 0 Å². The van der Waals surface area contributed by atoms with Gasteiger partial charge in [0.25, 0.3) is 0 Å². The zero-order valence-corrected chi connectivity index (χ0v) is 4.81. The second-order valence-corrected chi connectivity index (χ2v) is 1.24. The molecule has 1 N–H and O–H groups in total. The first-order valence-electron chi connectivity index (χ1n) is 2.43. The minimum Gasteiger partial charge on any atom is -0.369 e. The van der Waals surface area contributed by atoms with Crippen LogP contribution in [-0.4, -0.2) is 11.2 Å². The molecule has 0 rings (SSSR count). The molecule has 0 aromatic carbocycles. The Morgan fingerprint density at radius 1 is 1.75 bits per heavy atom. The molecule has 1 atom stereocenters. The van der Waals surface area contributed by atoms with Crippen molar-refractivity contribution in [3.63, 3.8) is 0 Å². The van der Waals surface area contributed by atoms with Crippen LogP contribution in [0.1, 0.15) is 13.3 Å². The third-order valence-electron chi connectivity index (χ3n) is 0.573. The second kappa shape index (κ2) is 4.24. The van der Waals surface area contributed by atoms with Gasteiger partial charge in [-0.1, -0.05) is 24.7 Å². The summed E-state index contributed by atoms with van der Waals surface area (Å²) in [5, 5.41) is 8.58. The second-order valence-electron chi connectivity index (χ2n) is 1.24. The van der Waals surface area contributed by atoms with Gasteiger partial charge in [-0.3, -0.25) is 0 Å². The molecule has 0 saturated heterocycles. The molecule has 42 valence electrons. The summed E-state index contributed by atoms with van der Waals surface area (Å²) in [6, 6.07) is 0. The maximum atomic E-state index is 8.58. The van der Waals surface area contributed by atoms with Gasteiger partial charge in [0, 0.05) is 6.42 Å². The summed E-state index contributed by atoms with van der Waals surface area (Å²) in [5.74, 6) is 7.19. The van der Waals surface area contributed by atoms with E-state index in [2.05, 4.69) is 17.8 Å². The largest absolute Gasteiger partial charge is 0.369 e. The van der Waals surface area contributed by atoms with Crippen LogP contribution in [0.15, 0.2) is 0 Å². The normalized spacial score (nSPS) is 10.6. The molecule has 0 heterocycles. The average molecular weight is 108 g/mol. The van der Waals surface area contributed by atoms with Crippen molar-refractivity contribution >= 4 is 0 Å². The third-order valence-corrected chi connectivity index (χ3v) is 0.573. The van der Waals surface area contributed by atoms with Gasteiger partial charge in [0.1, 0.15) is 0 Å². The van der Waals surface area contributed by atoms with Gasteiger partial charge >= 0.3 is 0 Å². The minimum atomic E-state index is -0.880. The molecule has 0 aromatic heterocycles. The van der Waals surface area contributed by atoms with Crippen molar-refractivity contribution in [2.45, 2.75) is 19.4 Å². The molecule has 0 aliphatic carbocycles. The lowest BCUT2D eigenvalue weighted by Crippen LogP contribution is -1.95. The standard InChI is InChI=1S/C7H8O/c1-3-5-6-7(8)4-2/h2,7-8H,3H2,1H3. The zero-order valence-electron chi connectivity index (χ0n) is 4.81. The molecule has 0 aromatic rings. The summed E-state index contributed by atoms with van der Waals surface area (Å²) in [6.45, 7) is 1.90. The van der Waals surface area contributed by atoms with E-state index in [0.717, 1.165) is 6.42 Å². The van der Waals surface area contributed by atoms with Crippen molar-refractivity contribution < 1.29 is 5.11 Å². The lowest BCUT2D eigenvalue weighted by Gasteiger charge is -1.84. The van der Waals surface area contributed by atoms with Gasteiger partial charge in [-0.05, 0) is 0 Å². The van der Waals surface area contributed by atoms with E-state index < -0.39 is 6.10 Å². The van der Waals surface area contributed by atoms with E-state index in [1.54, 1.807) is 0 Å². The first-order valence-corrected chi connectivity index (χ1v) is 2.43. The van der Waals surface area contributed by atoms with Gasteiger partial charge in [0.2, 0.25) is 0 Å². The molecule has 0 spiro atoms. The summed E-state index contributed by atoms with van der Waals surface area (Å²) < 4.78 is 0. The topological polar surface area (TPSA) is 20.2 Å². The number of hydrogen-bond acceptors (Lipinski definition) is 1. The van der Waals surface area contributed by atoms with Gasteiger partial charge in [0.15, 0.2) is 6.10 Å². The third kappa shape index (κ3) is 3.28. The molecule has 1 nitrogen and oxygen atoms in total. The predicted octanol–water partition coefficient (Wildman–Crippen LogP) is 0.394. The highest BCUT2D eigenvalue weighted by molar-refractivity contribution is 5.15. The fourth-order valence-electron chi connectivity index (χ4n) is 0.240. The Morgan fingerprint density at radius 2 is 2.38 bits per heavy atom. The van der Waals surface area contributed by atoms with E-state index in [0.29, 0.717) is 0 Å². The van der Waals surface area contributed by atoms with E-state index >= 15 is 0 Å². The van der Waals surface area contributed by atoms with Crippen LogP contribution in [-0.2, 0) is 0 Å². The van der Waals surface area contributed by atoms with Crippen LogP contribution in [0.4, 0.5) is 0 Å². The molecule has 1 unspecified atom stereocenters. The lowest BCUT2D eigenvalue weighted by molar-refractivity contribution is 0.290. The van der Waals surface area contributed by atoms with Crippen molar-refractivity contribution in [3.05, 3.63) is 0 Å². The molecule has 1 heteroatoms. The summed E-state index contributed by atoms with van der Waals surface area (Å²) >= 11 is 0. The highest BCUT2D eigenvalue weighted by Crippen LogP contribution is 1.74. The Morgan fingerprint density at radius 3 is 2.75 bits per heavy atom. The Bertz CT molecular complexity index is 142. The SMILES string of the molecule is C#CC(O)C#CCC. The number of aliphatic hydroxyl groups is 1. The quantitative estimate of drug-likeness (QED) is 0.445. The van der Waals surface area contributed by atoms with E-state index in [1.807, 2.05) is 6.92 Å². The molecule has 0 radical (unpaired) electrons. The smallest absolute Gasteiger partial charge is 0.176 e. The minimum absolute atomic E-state index is 0.735. The van der Waals surface area contributed by atoms with E-state index in [9.17, 15) is 0 Å². The molecular formula is C7H8O. The molecular weight excluding hydrogens is 100 g/mol. The molecule has 0 saturated carbocycles. The maximum Gasteiger partial charge on any atom is 0.176 e. The van der Waals surface area contributed by atoms with Gasteiger partial charge in [-0.15, -0.1) is 6.42 Å². The van der Waals surface area contributed by atoms with Gasteiger partial charge in [-0.2, -0.15) is 0 Å². The highest BCUT2D eigenvalue weighted by atomic mass is 16.3. The summed E-state index contributed by atoms with van der Waals surface area (Å²) in [6.07, 6.45) is 4.67. The van der Waals surface area contributed by atoms with Crippen LogP contribution in [0.5, 0.6) is 0 Å². The molecule has 0 aliphatic heterocycles. The number of aliphatic hydroxyl groups excluding tert-OH is 1. The highest BCUT2D eigenvalue weighted by Gasteiger charge is 1.84. The fraction of sp³-hybridized carbons (Fsp3) is 0.429. The number of hydrogen-bond donors (Lipinski definition) is 1. The van der Waals surface area contributed by atoms with E-state index in [-0.39, 0.29) is 0 Å². The van der Waals surface area contributed by atoms with Crippen LogP contribution in [0.25, 0.3) is 0 Å². The van der Waals surface area contributed by atoms with Crippen LogP contribution in [0, 0.1) is 24.2 Å². The first-order chi connectivity index (χ1) is 3.81. The van der Waals surface area contributed by atoms with Crippen molar-refractivity contribution in [2.24, 2.45) is 0 Å². The van der Waals surface area contributed by atoms with Crippen LogP contribution < -0.4 is 0 Å². The van der Waals surface area contributed by atoms with Crippen LogP contribution >= 0.6 is 0 Å². The number of terminal acetylenes is 1. The summed E-state index contributed by atoms with van der Waals surface area (Å²) in [4.78, 5) is 0. The summed E-state index contributed by atoms with van der Waals surface area (Å²) in [5.41, 5.74) is 0. The Hall–Kier alpha value is -0.920. The van der Waals surface area contributed by atoms with Crippen LogP contribution in [0.3, 0.4) is 0 Å². The number of rotatable bonds is 0. The van der Waals surface area contributed by atoms with Crippen LogP contribution in [0.2, 0.25) is 0 Å². The monoisotopic (exact) mass is 108 g/mol. The Labute approximate surface area is 49.7 Å². The average Bonchev–Trinajstić information content (AvgIpc) is 1.83. The van der Waals surface area contributed by atoms with Gasteiger partial charge < -0.3 is 5.11 Å². The molecule has 0 aliphatic rings. The molecule has 8 heavy (non-hydrogen) atoms.